The Hall–Kier alpha value is -2.76. The second-order valence-electron chi connectivity index (χ2n) is 5.76. The summed E-state index contributed by atoms with van der Waals surface area (Å²) in [5, 5.41) is 7.98. The minimum Gasteiger partial charge on any atom is -0.325 e. The van der Waals surface area contributed by atoms with E-state index in [-0.39, 0.29) is 12.3 Å². The number of hydrogen-bond donors (Lipinski definition) is 1. The van der Waals surface area contributed by atoms with Crippen LogP contribution in [0, 0.1) is 0 Å². The van der Waals surface area contributed by atoms with Gasteiger partial charge >= 0.3 is 0 Å². The van der Waals surface area contributed by atoms with E-state index in [1.807, 2.05) is 77.5 Å². The lowest BCUT2D eigenvalue weighted by Gasteiger charge is -2.11. The van der Waals surface area contributed by atoms with Crippen LogP contribution in [0.4, 0.5) is 5.69 Å². The van der Waals surface area contributed by atoms with E-state index in [0.29, 0.717) is 0 Å². The van der Waals surface area contributed by atoms with Gasteiger partial charge in [0.1, 0.15) is 5.01 Å². The van der Waals surface area contributed by atoms with E-state index >= 15 is 0 Å². The number of nitrogens with one attached hydrogen (secondary N) is 1. The molecule has 2 heterocycles. The van der Waals surface area contributed by atoms with Gasteiger partial charge in [-0.15, -0.1) is 22.7 Å². The summed E-state index contributed by atoms with van der Waals surface area (Å²) in [7, 11) is 0. The van der Waals surface area contributed by atoms with Crippen molar-refractivity contribution in [3.8, 4) is 21.0 Å². The summed E-state index contributed by atoms with van der Waals surface area (Å²) >= 11 is 3.23. The summed E-state index contributed by atoms with van der Waals surface area (Å²) in [6.45, 7) is 0. The average molecular weight is 377 g/mol. The lowest BCUT2D eigenvalue weighted by atomic mass is 10.0. The monoisotopic (exact) mass is 376 g/mol. The predicted octanol–water partition coefficient (Wildman–Crippen LogP) is 5.72. The van der Waals surface area contributed by atoms with Gasteiger partial charge in [-0.3, -0.25) is 4.79 Å². The first kappa shape index (κ1) is 16.7. The number of nitrogens with zero attached hydrogens (tertiary/aromatic N) is 1. The maximum atomic E-state index is 12.5. The molecule has 0 bridgehead atoms. The molecule has 26 heavy (non-hydrogen) atoms. The second-order valence-corrected chi connectivity index (χ2v) is 7.56. The SMILES string of the molecule is O=C(Cc1csc(-c2cccs2)n1)Nc1ccccc1-c1ccccc1. The van der Waals surface area contributed by atoms with Crippen LogP contribution in [0.1, 0.15) is 5.69 Å². The Bertz CT molecular complexity index is 1010. The van der Waals surface area contributed by atoms with Gasteiger partial charge in [-0.25, -0.2) is 4.98 Å². The van der Waals surface area contributed by atoms with Crippen molar-refractivity contribution in [1.82, 2.24) is 4.98 Å². The van der Waals surface area contributed by atoms with Crippen molar-refractivity contribution in [2.45, 2.75) is 6.42 Å². The molecule has 128 valence electrons. The van der Waals surface area contributed by atoms with E-state index in [2.05, 4.69) is 10.3 Å². The summed E-state index contributed by atoms with van der Waals surface area (Å²) in [6, 6.07) is 22.0. The largest absolute Gasteiger partial charge is 0.325 e. The average Bonchev–Trinajstić information content (AvgIpc) is 3.34. The maximum absolute atomic E-state index is 12.5. The topological polar surface area (TPSA) is 42.0 Å². The molecule has 5 heteroatoms. The molecule has 0 aliphatic carbocycles. The van der Waals surface area contributed by atoms with Crippen LogP contribution in [0.15, 0.2) is 77.5 Å². The Morgan fingerprint density at radius 3 is 2.54 bits per heavy atom. The van der Waals surface area contributed by atoms with E-state index in [4.69, 9.17) is 0 Å². The molecule has 0 saturated carbocycles. The molecular formula is C21H16N2OS2. The quantitative estimate of drug-likeness (QED) is 0.484. The molecule has 0 aliphatic rings. The van der Waals surface area contributed by atoms with Crippen molar-refractivity contribution in [3.05, 3.63) is 83.2 Å². The number of thiophene rings is 1. The number of thiazole rings is 1. The normalized spacial score (nSPS) is 10.6. The molecule has 0 fully saturated rings. The Kier molecular flexibility index (Phi) is 4.91. The van der Waals surface area contributed by atoms with E-state index in [1.54, 1.807) is 22.7 Å². The molecule has 0 atom stereocenters. The highest BCUT2D eigenvalue weighted by Crippen LogP contribution is 2.29. The molecule has 4 rings (SSSR count). The molecular weight excluding hydrogens is 360 g/mol. The summed E-state index contributed by atoms with van der Waals surface area (Å²) in [4.78, 5) is 18.2. The van der Waals surface area contributed by atoms with Gasteiger partial charge in [-0.2, -0.15) is 0 Å². The minimum absolute atomic E-state index is 0.0589. The highest BCUT2D eigenvalue weighted by atomic mass is 32.1. The van der Waals surface area contributed by atoms with Crippen LogP contribution in [0.3, 0.4) is 0 Å². The van der Waals surface area contributed by atoms with Crippen LogP contribution in [-0.2, 0) is 11.2 Å². The third kappa shape index (κ3) is 3.74. The predicted molar refractivity (Wildman–Crippen MR) is 110 cm³/mol. The Labute approximate surface area is 160 Å². The third-order valence-electron chi connectivity index (χ3n) is 3.91. The van der Waals surface area contributed by atoms with Gasteiger partial charge in [0.2, 0.25) is 5.91 Å². The summed E-state index contributed by atoms with van der Waals surface area (Å²) in [5.74, 6) is -0.0589. The van der Waals surface area contributed by atoms with Crippen molar-refractivity contribution in [1.29, 1.82) is 0 Å². The maximum Gasteiger partial charge on any atom is 0.230 e. The van der Waals surface area contributed by atoms with Crippen molar-refractivity contribution in [3.63, 3.8) is 0 Å². The fraction of sp³-hybridized carbons (Fsp3) is 0.0476. The molecule has 4 aromatic rings. The molecule has 0 aliphatic heterocycles. The molecule has 1 N–H and O–H groups in total. The number of rotatable bonds is 5. The smallest absolute Gasteiger partial charge is 0.230 e. The molecule has 1 amide bonds. The number of anilines is 1. The van der Waals surface area contributed by atoms with E-state index in [1.165, 1.54) is 0 Å². The fourth-order valence-corrected chi connectivity index (χ4v) is 4.36. The van der Waals surface area contributed by atoms with Crippen molar-refractivity contribution < 1.29 is 4.79 Å². The van der Waals surface area contributed by atoms with Crippen molar-refractivity contribution in [2.75, 3.05) is 5.32 Å². The zero-order valence-electron chi connectivity index (χ0n) is 13.9. The van der Waals surface area contributed by atoms with Crippen LogP contribution >= 0.6 is 22.7 Å². The van der Waals surface area contributed by atoms with Crippen LogP contribution in [0.2, 0.25) is 0 Å². The minimum atomic E-state index is -0.0589. The summed E-state index contributed by atoms with van der Waals surface area (Å²) < 4.78 is 0. The van der Waals surface area contributed by atoms with Gasteiger partial charge in [0.05, 0.1) is 17.0 Å². The number of carbonyl (C=O) groups excluding carboxylic acids is 1. The highest BCUT2D eigenvalue weighted by Gasteiger charge is 2.12. The van der Waals surface area contributed by atoms with Crippen LogP contribution in [0.5, 0.6) is 0 Å². The Balaban J connectivity index is 1.49. The number of aromatic nitrogens is 1. The fourth-order valence-electron chi connectivity index (χ4n) is 2.72. The van der Waals surface area contributed by atoms with Gasteiger partial charge in [0.15, 0.2) is 0 Å². The van der Waals surface area contributed by atoms with Crippen molar-refractivity contribution in [2.24, 2.45) is 0 Å². The zero-order valence-corrected chi connectivity index (χ0v) is 15.5. The molecule has 2 aromatic heterocycles. The number of para-hydroxylation sites is 1. The van der Waals surface area contributed by atoms with Crippen LogP contribution in [0.25, 0.3) is 21.0 Å². The number of hydrogen-bond acceptors (Lipinski definition) is 4. The first-order chi connectivity index (χ1) is 12.8. The number of amides is 1. The zero-order chi connectivity index (χ0) is 17.8. The molecule has 2 aromatic carbocycles. The van der Waals surface area contributed by atoms with Gasteiger partial charge in [0, 0.05) is 16.6 Å². The van der Waals surface area contributed by atoms with E-state index in [9.17, 15) is 4.79 Å². The number of benzene rings is 2. The lowest BCUT2D eigenvalue weighted by molar-refractivity contribution is -0.115. The van der Waals surface area contributed by atoms with Gasteiger partial charge in [0.25, 0.3) is 0 Å². The molecule has 0 radical (unpaired) electrons. The standard InChI is InChI=1S/C21H16N2OS2/c24-20(13-16-14-26-21(22-16)19-11-6-12-25-19)23-18-10-5-4-9-17(18)15-7-2-1-3-8-15/h1-12,14H,13H2,(H,23,24). The first-order valence-electron chi connectivity index (χ1n) is 8.22. The highest BCUT2D eigenvalue weighted by molar-refractivity contribution is 7.20. The Morgan fingerprint density at radius 1 is 0.923 bits per heavy atom. The molecule has 0 unspecified atom stereocenters. The Morgan fingerprint density at radius 2 is 1.73 bits per heavy atom. The lowest BCUT2D eigenvalue weighted by Crippen LogP contribution is -2.15. The van der Waals surface area contributed by atoms with Gasteiger partial charge in [-0.05, 0) is 23.1 Å². The van der Waals surface area contributed by atoms with Gasteiger partial charge < -0.3 is 5.32 Å². The first-order valence-corrected chi connectivity index (χ1v) is 9.98. The van der Waals surface area contributed by atoms with Gasteiger partial charge in [-0.1, -0.05) is 54.6 Å². The molecule has 3 nitrogen and oxygen atoms in total. The van der Waals surface area contributed by atoms with Crippen LogP contribution < -0.4 is 5.32 Å². The van der Waals surface area contributed by atoms with E-state index < -0.39 is 0 Å². The third-order valence-corrected chi connectivity index (χ3v) is 5.84. The number of carbonyl (C=O) groups is 1. The van der Waals surface area contributed by atoms with Crippen LogP contribution in [-0.4, -0.2) is 10.9 Å². The van der Waals surface area contributed by atoms with Crippen molar-refractivity contribution >= 4 is 34.3 Å². The summed E-state index contributed by atoms with van der Waals surface area (Å²) in [6.07, 6.45) is 0.269. The molecule has 0 spiro atoms. The second kappa shape index (κ2) is 7.64. The van der Waals surface area contributed by atoms with E-state index in [0.717, 1.165) is 32.4 Å². The summed E-state index contributed by atoms with van der Waals surface area (Å²) in [5.41, 5.74) is 3.71. The molecule has 0 saturated heterocycles.